The van der Waals surface area contributed by atoms with Gasteiger partial charge in [0, 0.05) is 46.8 Å². The molecule has 0 aliphatic carbocycles. The molecule has 122 valence electrons. The van der Waals surface area contributed by atoms with Crippen molar-refractivity contribution < 1.29 is 4.74 Å². The number of morpholine rings is 1. The predicted octanol–water partition coefficient (Wildman–Crippen LogP) is -1.40. The Morgan fingerprint density at radius 1 is 1.05 bits per heavy atom. The van der Waals surface area contributed by atoms with Crippen LogP contribution in [0.25, 0.3) is 0 Å². The van der Waals surface area contributed by atoms with Crippen LogP contribution >= 0.6 is 0 Å². The van der Waals surface area contributed by atoms with Crippen molar-refractivity contribution in [2.45, 2.75) is 6.54 Å². The smallest absolute Gasteiger partial charge is 0.332 e. The van der Waals surface area contributed by atoms with E-state index in [0.717, 1.165) is 39.4 Å². The van der Waals surface area contributed by atoms with Gasteiger partial charge in [0.05, 0.1) is 25.4 Å². The first-order valence-corrected chi connectivity index (χ1v) is 7.63. The first-order valence-electron chi connectivity index (χ1n) is 7.63. The Hall–Kier alpha value is -1.64. The van der Waals surface area contributed by atoms with Crippen molar-refractivity contribution in [2.24, 2.45) is 14.1 Å². The molecule has 1 saturated heterocycles. The number of fused-ring (bicyclic) bond motifs is 1. The lowest BCUT2D eigenvalue weighted by molar-refractivity contribution is 0.0331. The van der Waals surface area contributed by atoms with Gasteiger partial charge < -0.3 is 10.1 Å². The van der Waals surface area contributed by atoms with Gasteiger partial charge in [0.1, 0.15) is 5.82 Å². The van der Waals surface area contributed by atoms with Crippen molar-refractivity contribution in [3.63, 3.8) is 0 Å². The lowest BCUT2D eigenvalue weighted by Gasteiger charge is -2.33. The van der Waals surface area contributed by atoms with Gasteiger partial charge in [0.25, 0.3) is 5.56 Å². The molecule has 1 aromatic heterocycles. The van der Waals surface area contributed by atoms with Crippen LogP contribution in [-0.2, 0) is 25.4 Å². The molecule has 0 unspecified atom stereocenters. The van der Waals surface area contributed by atoms with Crippen molar-refractivity contribution in [1.82, 2.24) is 18.9 Å². The number of nitrogens with zero attached hydrogens (tertiary/aromatic N) is 4. The van der Waals surface area contributed by atoms with Crippen LogP contribution in [0.1, 0.15) is 5.56 Å². The summed E-state index contributed by atoms with van der Waals surface area (Å²) in [6.07, 6.45) is 0. The minimum atomic E-state index is -0.294. The van der Waals surface area contributed by atoms with Gasteiger partial charge in [-0.05, 0) is 0 Å². The van der Waals surface area contributed by atoms with E-state index in [1.54, 1.807) is 7.05 Å². The van der Waals surface area contributed by atoms with Crippen molar-refractivity contribution in [1.29, 1.82) is 0 Å². The molecule has 0 radical (unpaired) electrons. The maximum atomic E-state index is 12.3. The second kappa shape index (κ2) is 6.23. The lowest BCUT2D eigenvalue weighted by atomic mass is 10.2. The fourth-order valence-electron chi connectivity index (χ4n) is 3.01. The summed E-state index contributed by atoms with van der Waals surface area (Å²) >= 11 is 0. The van der Waals surface area contributed by atoms with E-state index in [9.17, 15) is 9.59 Å². The zero-order valence-corrected chi connectivity index (χ0v) is 13.2. The van der Waals surface area contributed by atoms with Crippen LogP contribution < -0.4 is 16.6 Å². The highest BCUT2D eigenvalue weighted by Gasteiger charge is 2.23. The zero-order chi connectivity index (χ0) is 15.7. The first kappa shape index (κ1) is 15.3. The van der Waals surface area contributed by atoms with Gasteiger partial charge in [0.15, 0.2) is 0 Å². The minimum Gasteiger partial charge on any atom is -0.379 e. The van der Waals surface area contributed by atoms with Gasteiger partial charge >= 0.3 is 5.69 Å². The van der Waals surface area contributed by atoms with Crippen molar-refractivity contribution in [2.75, 3.05) is 51.4 Å². The van der Waals surface area contributed by atoms with E-state index in [0.29, 0.717) is 24.6 Å². The molecule has 1 fully saturated rings. The number of ether oxygens (including phenoxy) is 1. The topological polar surface area (TPSA) is 71.7 Å². The Labute approximate surface area is 128 Å². The van der Waals surface area contributed by atoms with Crippen LogP contribution in [0, 0.1) is 0 Å². The number of nitrogens with one attached hydrogen (secondary N) is 1. The fraction of sp³-hybridized carbons (Fsp3) is 0.714. The molecule has 0 saturated carbocycles. The molecule has 1 N–H and O–H groups in total. The average Bonchev–Trinajstić information content (AvgIpc) is 2.57. The molecular weight excluding hydrogens is 286 g/mol. The van der Waals surface area contributed by atoms with Crippen LogP contribution in [0.4, 0.5) is 5.82 Å². The molecule has 0 amide bonds. The first-order chi connectivity index (χ1) is 10.6. The second-order valence-corrected chi connectivity index (χ2v) is 5.87. The quantitative estimate of drug-likeness (QED) is 0.741. The Kier molecular flexibility index (Phi) is 4.32. The lowest BCUT2D eigenvalue weighted by Crippen LogP contribution is -2.48. The predicted molar refractivity (Wildman–Crippen MR) is 83.1 cm³/mol. The molecule has 3 rings (SSSR count). The molecule has 0 bridgehead atoms. The van der Waals surface area contributed by atoms with E-state index in [4.69, 9.17) is 4.74 Å². The molecule has 22 heavy (non-hydrogen) atoms. The SMILES string of the molecule is Cn1c2c(c(=O)n(C)c1=O)CN(CCN1CCOCC1)CN2. The van der Waals surface area contributed by atoms with Crippen LogP contribution in [0.15, 0.2) is 9.59 Å². The summed E-state index contributed by atoms with van der Waals surface area (Å²) in [6.45, 7) is 6.60. The van der Waals surface area contributed by atoms with Crippen LogP contribution in [0.5, 0.6) is 0 Å². The molecule has 2 aliphatic heterocycles. The molecule has 0 spiro atoms. The van der Waals surface area contributed by atoms with Crippen molar-refractivity contribution in [3.05, 3.63) is 26.4 Å². The Morgan fingerprint density at radius 3 is 2.45 bits per heavy atom. The molecule has 8 nitrogen and oxygen atoms in total. The summed E-state index contributed by atoms with van der Waals surface area (Å²) < 4.78 is 8.03. The Morgan fingerprint density at radius 2 is 1.73 bits per heavy atom. The van der Waals surface area contributed by atoms with Gasteiger partial charge in [-0.1, -0.05) is 0 Å². The van der Waals surface area contributed by atoms with Crippen molar-refractivity contribution >= 4 is 5.82 Å². The summed E-state index contributed by atoms with van der Waals surface area (Å²) in [5, 5.41) is 3.21. The monoisotopic (exact) mass is 309 g/mol. The number of hydrogen-bond acceptors (Lipinski definition) is 6. The van der Waals surface area contributed by atoms with E-state index in [1.807, 2.05) is 0 Å². The fourth-order valence-corrected chi connectivity index (χ4v) is 3.01. The summed E-state index contributed by atoms with van der Waals surface area (Å²) in [5.74, 6) is 0.649. The number of rotatable bonds is 3. The molecule has 3 heterocycles. The van der Waals surface area contributed by atoms with Gasteiger partial charge in [-0.25, -0.2) is 4.79 Å². The third kappa shape index (κ3) is 2.81. The van der Waals surface area contributed by atoms with E-state index in [2.05, 4.69) is 15.1 Å². The normalized spacial score (nSPS) is 19.7. The number of hydrogen-bond donors (Lipinski definition) is 1. The van der Waals surface area contributed by atoms with Gasteiger partial charge in [0.2, 0.25) is 0 Å². The molecule has 0 aromatic carbocycles. The van der Waals surface area contributed by atoms with Crippen molar-refractivity contribution in [3.8, 4) is 0 Å². The molecule has 0 atom stereocenters. The summed E-state index contributed by atoms with van der Waals surface area (Å²) in [4.78, 5) is 28.8. The summed E-state index contributed by atoms with van der Waals surface area (Å²) in [5.41, 5.74) is 0.164. The highest BCUT2D eigenvalue weighted by Crippen LogP contribution is 2.16. The highest BCUT2D eigenvalue weighted by molar-refractivity contribution is 5.45. The van der Waals surface area contributed by atoms with Gasteiger partial charge in [-0.15, -0.1) is 0 Å². The largest absolute Gasteiger partial charge is 0.379 e. The zero-order valence-electron chi connectivity index (χ0n) is 13.2. The Bertz CT molecular complexity index is 660. The third-order valence-corrected chi connectivity index (χ3v) is 4.45. The number of anilines is 1. The third-order valence-electron chi connectivity index (χ3n) is 4.45. The van der Waals surface area contributed by atoms with Gasteiger partial charge in [-0.3, -0.25) is 23.7 Å². The van der Waals surface area contributed by atoms with E-state index in [1.165, 1.54) is 16.2 Å². The second-order valence-electron chi connectivity index (χ2n) is 5.87. The van der Waals surface area contributed by atoms with E-state index >= 15 is 0 Å². The van der Waals surface area contributed by atoms with Gasteiger partial charge in [-0.2, -0.15) is 0 Å². The van der Waals surface area contributed by atoms with E-state index in [-0.39, 0.29) is 11.2 Å². The summed E-state index contributed by atoms with van der Waals surface area (Å²) in [6, 6.07) is 0. The van der Waals surface area contributed by atoms with Crippen LogP contribution in [0.2, 0.25) is 0 Å². The van der Waals surface area contributed by atoms with Crippen LogP contribution in [0.3, 0.4) is 0 Å². The molecule has 2 aliphatic rings. The van der Waals surface area contributed by atoms with E-state index < -0.39 is 0 Å². The molecular formula is C14H23N5O3. The highest BCUT2D eigenvalue weighted by atomic mass is 16.5. The summed E-state index contributed by atoms with van der Waals surface area (Å²) in [7, 11) is 3.22. The molecule has 1 aromatic rings. The van der Waals surface area contributed by atoms with Crippen LogP contribution in [-0.4, -0.2) is 65.0 Å². The Balaban J connectivity index is 1.71. The molecule has 8 heteroatoms. The maximum Gasteiger partial charge on any atom is 0.332 e. The number of aromatic nitrogens is 2. The standard InChI is InChI=1S/C14H23N5O3/c1-16-12-11(13(20)17(2)14(16)21)9-19(10-15-12)4-3-18-5-7-22-8-6-18/h15H,3-10H2,1-2H3. The maximum absolute atomic E-state index is 12.3. The average molecular weight is 309 g/mol. The minimum absolute atomic E-state index is 0.207.